The van der Waals surface area contributed by atoms with Crippen molar-refractivity contribution in [3.05, 3.63) is 41.5 Å². The van der Waals surface area contributed by atoms with Crippen LogP contribution in [0.3, 0.4) is 0 Å². The molecule has 0 saturated carbocycles. The third-order valence-corrected chi connectivity index (χ3v) is 3.75. The van der Waals surface area contributed by atoms with Crippen molar-refractivity contribution in [3.8, 4) is 0 Å². The molecule has 2 N–H and O–H groups in total. The second kappa shape index (κ2) is 6.61. The highest BCUT2D eigenvalue weighted by atomic mass is 32.2. The molecule has 5 heteroatoms. The average Bonchev–Trinajstić information content (AvgIpc) is 2.84. The number of nitrogen functional groups attached to an aromatic ring is 1. The highest BCUT2D eigenvalue weighted by molar-refractivity contribution is 7.99. The summed E-state index contributed by atoms with van der Waals surface area (Å²) in [5.41, 5.74) is 7.67. The molecular weight excluding hydrogens is 258 g/mol. The highest BCUT2D eigenvalue weighted by Crippen LogP contribution is 2.15. The average molecular weight is 277 g/mol. The maximum Gasteiger partial charge on any atom is 0.227 e. The molecule has 0 atom stereocenters. The lowest BCUT2D eigenvalue weighted by Crippen LogP contribution is -1.94. The number of anilines is 1. The van der Waals surface area contributed by atoms with Crippen molar-refractivity contribution in [2.75, 3.05) is 5.73 Å². The number of thioether (sulfide) groups is 1. The van der Waals surface area contributed by atoms with E-state index in [1.165, 1.54) is 5.56 Å². The van der Waals surface area contributed by atoms with Crippen molar-refractivity contribution in [2.24, 2.45) is 0 Å². The number of nitrogens with zero attached hydrogens (tertiary/aromatic N) is 2. The zero-order valence-corrected chi connectivity index (χ0v) is 12.1. The van der Waals surface area contributed by atoms with Gasteiger partial charge in [0.15, 0.2) is 5.82 Å². The largest absolute Gasteiger partial charge is 0.399 e. The third-order valence-electron chi connectivity index (χ3n) is 2.66. The van der Waals surface area contributed by atoms with Crippen LogP contribution in [-0.2, 0) is 18.6 Å². The molecule has 2 rings (SSSR count). The first-order chi connectivity index (χ1) is 9.13. The van der Waals surface area contributed by atoms with Gasteiger partial charge in [-0.1, -0.05) is 31.1 Å². The lowest BCUT2D eigenvalue weighted by Gasteiger charge is -1.99. The maximum absolute atomic E-state index is 5.65. The fraction of sp³-hybridized carbons (Fsp3) is 0.429. The molecule has 0 spiro atoms. The lowest BCUT2D eigenvalue weighted by atomic mass is 10.1. The lowest BCUT2D eigenvalue weighted by molar-refractivity contribution is 0.374. The molecule has 0 radical (unpaired) electrons. The minimum absolute atomic E-state index is 0.580. The van der Waals surface area contributed by atoms with Crippen molar-refractivity contribution in [2.45, 2.75) is 37.7 Å². The van der Waals surface area contributed by atoms with Gasteiger partial charge in [-0.05, 0) is 29.4 Å². The van der Waals surface area contributed by atoms with Crippen molar-refractivity contribution < 1.29 is 4.52 Å². The fourth-order valence-corrected chi connectivity index (χ4v) is 2.23. The number of rotatable bonds is 6. The van der Waals surface area contributed by atoms with E-state index in [1.54, 1.807) is 0 Å². The van der Waals surface area contributed by atoms with Crippen LogP contribution in [0.2, 0.25) is 0 Å². The van der Waals surface area contributed by atoms with Crippen LogP contribution < -0.4 is 5.73 Å². The smallest absolute Gasteiger partial charge is 0.227 e. The van der Waals surface area contributed by atoms with Gasteiger partial charge in [-0.2, -0.15) is 16.7 Å². The molecule has 1 heterocycles. The van der Waals surface area contributed by atoms with E-state index < -0.39 is 0 Å². The highest BCUT2D eigenvalue weighted by Gasteiger charge is 2.07. The van der Waals surface area contributed by atoms with Crippen molar-refractivity contribution in [3.63, 3.8) is 0 Å². The molecule has 1 aromatic carbocycles. The zero-order chi connectivity index (χ0) is 13.7. The van der Waals surface area contributed by atoms with Gasteiger partial charge in [0.2, 0.25) is 5.89 Å². The summed E-state index contributed by atoms with van der Waals surface area (Å²) in [6.45, 7) is 4.32. The predicted octanol–water partition coefficient (Wildman–Crippen LogP) is 3.08. The van der Waals surface area contributed by atoms with Crippen LogP contribution in [0.15, 0.2) is 28.8 Å². The Morgan fingerprint density at radius 1 is 1.21 bits per heavy atom. The Balaban J connectivity index is 1.84. The topological polar surface area (TPSA) is 64.9 Å². The summed E-state index contributed by atoms with van der Waals surface area (Å²) in [4.78, 5) is 4.39. The van der Waals surface area contributed by atoms with E-state index in [9.17, 15) is 0 Å². The summed E-state index contributed by atoms with van der Waals surface area (Å²) in [5.74, 6) is 2.30. The SMILES string of the molecule is CC(C)SCc1noc(CCc2ccc(N)cc2)n1. The second-order valence-corrected chi connectivity index (χ2v) is 6.27. The van der Waals surface area contributed by atoms with Crippen molar-refractivity contribution in [1.82, 2.24) is 10.1 Å². The monoisotopic (exact) mass is 277 g/mol. The molecule has 0 aliphatic rings. The van der Waals surface area contributed by atoms with Crippen LogP contribution in [0.5, 0.6) is 0 Å². The van der Waals surface area contributed by atoms with Gasteiger partial charge in [-0.15, -0.1) is 0 Å². The Morgan fingerprint density at radius 2 is 1.95 bits per heavy atom. The number of aromatic nitrogens is 2. The molecule has 0 aliphatic carbocycles. The summed E-state index contributed by atoms with van der Waals surface area (Å²) in [6.07, 6.45) is 1.66. The predicted molar refractivity (Wildman–Crippen MR) is 79.0 cm³/mol. The molecule has 2 aromatic rings. The van der Waals surface area contributed by atoms with Gasteiger partial charge in [0.05, 0.1) is 5.75 Å². The Bertz CT molecular complexity index is 508. The zero-order valence-electron chi connectivity index (χ0n) is 11.3. The molecule has 0 aliphatic heterocycles. The molecule has 0 saturated heterocycles. The van der Waals surface area contributed by atoms with Crippen LogP contribution in [0.1, 0.15) is 31.1 Å². The van der Waals surface area contributed by atoms with E-state index in [1.807, 2.05) is 36.0 Å². The van der Waals surface area contributed by atoms with Gasteiger partial charge in [-0.25, -0.2) is 0 Å². The van der Waals surface area contributed by atoms with E-state index in [0.29, 0.717) is 11.1 Å². The van der Waals surface area contributed by atoms with E-state index in [2.05, 4.69) is 24.0 Å². The standard InChI is InChI=1S/C14H19N3OS/c1-10(2)19-9-13-16-14(18-17-13)8-5-11-3-6-12(15)7-4-11/h3-4,6-7,10H,5,8-9,15H2,1-2H3. The van der Waals surface area contributed by atoms with Gasteiger partial charge in [-0.3, -0.25) is 0 Å². The quantitative estimate of drug-likeness (QED) is 0.822. The molecule has 4 nitrogen and oxygen atoms in total. The van der Waals surface area contributed by atoms with Crippen LogP contribution in [0.25, 0.3) is 0 Å². The van der Waals surface area contributed by atoms with E-state index >= 15 is 0 Å². The molecule has 0 fully saturated rings. The summed E-state index contributed by atoms with van der Waals surface area (Å²) in [7, 11) is 0. The van der Waals surface area contributed by atoms with Gasteiger partial charge < -0.3 is 10.3 Å². The van der Waals surface area contributed by atoms with Crippen molar-refractivity contribution >= 4 is 17.4 Å². The molecule has 19 heavy (non-hydrogen) atoms. The molecule has 1 aromatic heterocycles. The van der Waals surface area contributed by atoms with Crippen LogP contribution >= 0.6 is 11.8 Å². The van der Waals surface area contributed by atoms with Crippen LogP contribution in [0, 0.1) is 0 Å². The maximum atomic E-state index is 5.65. The van der Waals surface area contributed by atoms with E-state index in [0.717, 1.165) is 30.1 Å². The summed E-state index contributed by atoms with van der Waals surface area (Å²) < 4.78 is 5.24. The van der Waals surface area contributed by atoms with Gasteiger partial charge in [0, 0.05) is 12.1 Å². The minimum atomic E-state index is 0.580. The molecule has 0 bridgehead atoms. The fourth-order valence-electron chi connectivity index (χ4n) is 1.63. The second-order valence-electron chi connectivity index (χ2n) is 4.71. The number of aryl methyl sites for hydroxylation is 2. The first-order valence-electron chi connectivity index (χ1n) is 6.41. The molecule has 0 amide bonds. The Hall–Kier alpha value is -1.49. The van der Waals surface area contributed by atoms with Gasteiger partial charge in [0.25, 0.3) is 0 Å². The Labute approximate surface area is 117 Å². The molecule has 0 unspecified atom stereocenters. The summed E-state index contributed by atoms with van der Waals surface area (Å²) >= 11 is 1.81. The minimum Gasteiger partial charge on any atom is -0.399 e. The normalized spacial score (nSPS) is 11.1. The number of nitrogens with two attached hydrogens (primary N) is 1. The number of benzene rings is 1. The molecular formula is C14H19N3OS. The van der Waals surface area contributed by atoms with Crippen molar-refractivity contribution in [1.29, 1.82) is 0 Å². The van der Waals surface area contributed by atoms with Crippen LogP contribution in [-0.4, -0.2) is 15.4 Å². The number of hydrogen-bond donors (Lipinski definition) is 1. The Morgan fingerprint density at radius 3 is 2.63 bits per heavy atom. The van der Waals surface area contributed by atoms with E-state index in [-0.39, 0.29) is 0 Å². The van der Waals surface area contributed by atoms with E-state index in [4.69, 9.17) is 10.3 Å². The van der Waals surface area contributed by atoms with Crippen LogP contribution in [0.4, 0.5) is 5.69 Å². The number of hydrogen-bond acceptors (Lipinski definition) is 5. The Kier molecular flexibility index (Phi) is 4.85. The van der Waals surface area contributed by atoms with Gasteiger partial charge >= 0.3 is 0 Å². The first kappa shape index (κ1) is 13.9. The first-order valence-corrected chi connectivity index (χ1v) is 7.46. The molecule has 102 valence electrons. The van der Waals surface area contributed by atoms with Gasteiger partial charge in [0.1, 0.15) is 0 Å². The third kappa shape index (κ3) is 4.59. The summed E-state index contributed by atoms with van der Waals surface area (Å²) in [5, 5.41) is 4.57. The summed E-state index contributed by atoms with van der Waals surface area (Å²) in [6, 6.07) is 7.88.